The van der Waals surface area contributed by atoms with Crippen LogP contribution in [0.3, 0.4) is 0 Å². The third-order valence-electron chi connectivity index (χ3n) is 7.34. The summed E-state index contributed by atoms with van der Waals surface area (Å²) in [7, 11) is 0. The highest BCUT2D eigenvalue weighted by Crippen LogP contribution is 2.35. The van der Waals surface area contributed by atoms with Gasteiger partial charge in [-0.15, -0.1) is 0 Å². The van der Waals surface area contributed by atoms with E-state index in [-0.39, 0.29) is 0 Å². The van der Waals surface area contributed by atoms with Crippen molar-refractivity contribution in [3.8, 4) is 0 Å². The maximum absolute atomic E-state index is 12.3. The Morgan fingerprint density at radius 2 is 1.50 bits per heavy atom. The van der Waals surface area contributed by atoms with Gasteiger partial charge in [0, 0.05) is 0 Å². The molecule has 0 radical (unpaired) electrons. The van der Waals surface area contributed by atoms with Gasteiger partial charge < -0.3 is 5.11 Å². The van der Waals surface area contributed by atoms with E-state index < -0.39 is 11.9 Å². The predicted molar refractivity (Wildman–Crippen MR) is 141 cm³/mol. The molecule has 5 aromatic rings. The van der Waals surface area contributed by atoms with Crippen molar-refractivity contribution in [1.29, 1.82) is 0 Å². The molecule has 5 aromatic carbocycles. The zero-order valence-electron chi connectivity index (χ0n) is 19.0. The minimum atomic E-state index is -0.763. The quantitative estimate of drug-likeness (QED) is 0.281. The zero-order valence-corrected chi connectivity index (χ0v) is 19.0. The SMILES string of the molecule is O=C(O)C(CCc1cccc2c1ccc1c3c(ccc12)CCC=C3)c1cccc2ccccc12. The molecule has 0 heterocycles. The Hall–Kier alpha value is -3.91. The Bertz CT molecular complexity index is 1590. The number of carboxylic acid groups (broad SMARTS) is 1. The predicted octanol–water partition coefficient (Wildman–Crippen LogP) is 7.91. The molecular formula is C32H26O2. The van der Waals surface area contributed by atoms with Crippen LogP contribution in [0.2, 0.25) is 0 Å². The lowest BCUT2D eigenvalue weighted by Crippen LogP contribution is -2.13. The third-order valence-corrected chi connectivity index (χ3v) is 7.34. The van der Waals surface area contributed by atoms with Gasteiger partial charge in [-0.3, -0.25) is 4.79 Å². The maximum Gasteiger partial charge on any atom is 0.311 e. The van der Waals surface area contributed by atoms with E-state index in [0.29, 0.717) is 12.8 Å². The average molecular weight is 443 g/mol. The number of benzene rings is 5. The molecule has 0 spiro atoms. The summed E-state index contributed by atoms with van der Waals surface area (Å²) in [6, 6.07) is 29.5. The molecule has 1 N–H and O–H groups in total. The van der Waals surface area contributed by atoms with Gasteiger partial charge >= 0.3 is 5.97 Å². The highest BCUT2D eigenvalue weighted by molar-refractivity contribution is 6.11. The Kier molecular flexibility index (Phi) is 5.15. The molecule has 34 heavy (non-hydrogen) atoms. The van der Waals surface area contributed by atoms with Crippen molar-refractivity contribution in [3.05, 3.63) is 113 Å². The number of aryl methyl sites for hydroxylation is 2. The van der Waals surface area contributed by atoms with Gasteiger partial charge in [0.1, 0.15) is 0 Å². The van der Waals surface area contributed by atoms with Crippen molar-refractivity contribution in [2.24, 2.45) is 0 Å². The van der Waals surface area contributed by atoms with Crippen molar-refractivity contribution in [2.45, 2.75) is 31.6 Å². The van der Waals surface area contributed by atoms with Crippen molar-refractivity contribution < 1.29 is 9.90 Å². The van der Waals surface area contributed by atoms with Crippen LogP contribution in [0, 0.1) is 0 Å². The molecule has 2 heteroatoms. The Balaban J connectivity index is 1.39. The number of carboxylic acids is 1. The van der Waals surface area contributed by atoms with Gasteiger partial charge in [0.25, 0.3) is 0 Å². The van der Waals surface area contributed by atoms with E-state index in [0.717, 1.165) is 29.2 Å². The fourth-order valence-corrected chi connectivity index (χ4v) is 5.65. The lowest BCUT2D eigenvalue weighted by molar-refractivity contribution is -0.138. The summed E-state index contributed by atoms with van der Waals surface area (Å²) in [6.07, 6.45) is 8.02. The van der Waals surface area contributed by atoms with Gasteiger partial charge in [-0.1, -0.05) is 97.1 Å². The summed E-state index contributed by atoms with van der Waals surface area (Å²) >= 11 is 0. The molecule has 0 fully saturated rings. The van der Waals surface area contributed by atoms with Gasteiger partial charge in [0.05, 0.1) is 5.92 Å². The molecule has 1 unspecified atom stereocenters. The summed E-state index contributed by atoms with van der Waals surface area (Å²) in [4.78, 5) is 12.3. The highest BCUT2D eigenvalue weighted by Gasteiger charge is 2.22. The third kappa shape index (κ3) is 3.47. The number of carbonyl (C=O) groups is 1. The molecular weight excluding hydrogens is 416 g/mol. The first-order valence-electron chi connectivity index (χ1n) is 12.0. The number of fused-ring (bicyclic) bond motifs is 6. The molecule has 1 aliphatic carbocycles. The first kappa shape index (κ1) is 20.7. The second-order valence-electron chi connectivity index (χ2n) is 9.25. The van der Waals surface area contributed by atoms with Crippen molar-refractivity contribution in [2.75, 3.05) is 0 Å². The van der Waals surface area contributed by atoms with E-state index in [2.05, 4.69) is 54.6 Å². The second kappa shape index (κ2) is 8.46. The van der Waals surface area contributed by atoms with Crippen molar-refractivity contribution in [3.63, 3.8) is 0 Å². The summed E-state index contributed by atoms with van der Waals surface area (Å²) in [6.45, 7) is 0. The number of allylic oxidation sites excluding steroid dienone is 1. The standard InChI is InChI=1S/C32H26O2/c33-32(34)31(28-14-5-9-21-7-1-3-11-24(21)28)18-16-23-10-6-13-27-26(23)19-20-29-25-12-4-2-8-22(25)15-17-30(27)29/h1,3-7,9-15,17,19-20,31H,2,8,16,18H2,(H,33,34). The lowest BCUT2D eigenvalue weighted by atomic mass is 9.86. The largest absolute Gasteiger partial charge is 0.481 e. The van der Waals surface area contributed by atoms with Crippen LogP contribution >= 0.6 is 0 Å². The second-order valence-corrected chi connectivity index (χ2v) is 9.25. The van der Waals surface area contributed by atoms with Crippen LogP contribution in [-0.2, 0) is 17.6 Å². The molecule has 6 rings (SSSR count). The fourth-order valence-electron chi connectivity index (χ4n) is 5.65. The zero-order chi connectivity index (χ0) is 23.1. The lowest BCUT2D eigenvalue weighted by Gasteiger charge is -2.17. The smallest absolute Gasteiger partial charge is 0.311 e. The Morgan fingerprint density at radius 3 is 2.41 bits per heavy atom. The van der Waals surface area contributed by atoms with E-state index in [1.54, 1.807) is 0 Å². The van der Waals surface area contributed by atoms with Crippen molar-refractivity contribution in [1.82, 2.24) is 0 Å². The Morgan fingerprint density at radius 1 is 0.765 bits per heavy atom. The molecule has 0 aromatic heterocycles. The first-order chi connectivity index (χ1) is 16.7. The molecule has 0 aliphatic heterocycles. The van der Waals surface area contributed by atoms with Crippen molar-refractivity contribution >= 4 is 44.4 Å². The number of hydrogen-bond donors (Lipinski definition) is 1. The number of aliphatic carboxylic acids is 1. The maximum atomic E-state index is 12.3. The molecule has 0 amide bonds. The van der Waals surface area contributed by atoms with Crippen LogP contribution in [0.5, 0.6) is 0 Å². The summed E-state index contributed by atoms with van der Waals surface area (Å²) in [5.74, 6) is -1.31. The molecule has 166 valence electrons. The molecule has 1 aliphatic rings. The van der Waals surface area contributed by atoms with E-state index in [4.69, 9.17) is 0 Å². The normalized spacial score (nSPS) is 13.9. The van der Waals surface area contributed by atoms with E-state index >= 15 is 0 Å². The van der Waals surface area contributed by atoms with E-state index in [9.17, 15) is 9.90 Å². The van der Waals surface area contributed by atoms with E-state index in [1.807, 2.05) is 42.5 Å². The number of rotatable bonds is 5. The van der Waals surface area contributed by atoms with Crippen LogP contribution in [0.15, 0.2) is 91.0 Å². The van der Waals surface area contributed by atoms with Crippen LogP contribution in [-0.4, -0.2) is 11.1 Å². The summed E-state index contributed by atoms with van der Waals surface area (Å²) in [5.41, 5.74) is 4.87. The van der Waals surface area contributed by atoms with Gasteiger partial charge in [-0.2, -0.15) is 0 Å². The molecule has 0 saturated carbocycles. The minimum Gasteiger partial charge on any atom is -0.481 e. The van der Waals surface area contributed by atoms with E-state index in [1.165, 1.54) is 38.2 Å². The van der Waals surface area contributed by atoms with Crippen LogP contribution in [0.25, 0.3) is 38.4 Å². The number of hydrogen-bond acceptors (Lipinski definition) is 1. The van der Waals surface area contributed by atoms with Gasteiger partial charge in [0.15, 0.2) is 0 Å². The minimum absolute atomic E-state index is 0.543. The molecule has 0 saturated heterocycles. The molecule has 1 atom stereocenters. The van der Waals surface area contributed by atoms with Gasteiger partial charge in [0.2, 0.25) is 0 Å². The average Bonchev–Trinajstić information content (AvgIpc) is 2.88. The first-order valence-corrected chi connectivity index (χ1v) is 12.0. The Labute approximate surface area is 199 Å². The van der Waals surface area contributed by atoms with Crippen LogP contribution < -0.4 is 0 Å². The van der Waals surface area contributed by atoms with Crippen LogP contribution in [0.1, 0.15) is 41.0 Å². The highest BCUT2D eigenvalue weighted by atomic mass is 16.4. The van der Waals surface area contributed by atoms with Crippen LogP contribution in [0.4, 0.5) is 0 Å². The molecule has 0 bridgehead atoms. The fraction of sp³-hybridized carbons (Fsp3) is 0.156. The topological polar surface area (TPSA) is 37.3 Å². The summed E-state index contributed by atoms with van der Waals surface area (Å²) in [5, 5.41) is 17.3. The van der Waals surface area contributed by atoms with Gasteiger partial charge in [-0.25, -0.2) is 0 Å². The summed E-state index contributed by atoms with van der Waals surface area (Å²) < 4.78 is 0. The monoisotopic (exact) mass is 442 g/mol. The van der Waals surface area contributed by atoms with Gasteiger partial charge in [-0.05, 0) is 80.3 Å². The molecule has 2 nitrogen and oxygen atoms in total.